The molecule has 3 rings (SSSR count). The Kier molecular flexibility index (Phi) is 2.58. The third-order valence-electron chi connectivity index (χ3n) is 3.74. The zero-order valence-electron chi connectivity index (χ0n) is 10.2. The third kappa shape index (κ3) is 1.60. The molecule has 0 radical (unpaired) electrons. The van der Waals surface area contributed by atoms with Crippen LogP contribution in [0.3, 0.4) is 0 Å². The van der Waals surface area contributed by atoms with Gasteiger partial charge in [-0.25, -0.2) is 0 Å². The molecule has 1 saturated heterocycles. The molecule has 0 spiro atoms. The molecule has 0 N–H and O–H groups in total. The predicted octanol–water partition coefficient (Wildman–Crippen LogP) is 1.46. The van der Waals surface area contributed by atoms with Crippen molar-refractivity contribution in [3.05, 3.63) is 30.3 Å². The number of carbonyl (C=O) groups excluding carboxylic acids is 2. The van der Waals surface area contributed by atoms with Crippen LogP contribution in [0.5, 0.6) is 0 Å². The molecule has 3 atom stereocenters. The number of nitrogens with zero attached hydrogens (tertiary/aromatic N) is 1. The summed E-state index contributed by atoms with van der Waals surface area (Å²) in [7, 11) is 0. The molecule has 1 amide bonds. The molecule has 1 saturated carbocycles. The summed E-state index contributed by atoms with van der Waals surface area (Å²) in [5, 5.41) is 0. The minimum atomic E-state index is -0.214. The molecule has 1 aromatic carbocycles. The SMILES string of the molecule is CCOC(=O)[C@H]1[C@@H]2CN(c3ccccc3)C(=O)[C@@H]21. The highest BCUT2D eigenvalue weighted by Gasteiger charge is 2.65. The molecule has 2 aliphatic rings. The Morgan fingerprint density at radius 1 is 1.39 bits per heavy atom. The first-order chi connectivity index (χ1) is 8.74. The number of piperidine rings is 1. The van der Waals surface area contributed by atoms with Crippen LogP contribution in [0.2, 0.25) is 0 Å². The van der Waals surface area contributed by atoms with Gasteiger partial charge in [-0.1, -0.05) is 18.2 Å². The van der Waals surface area contributed by atoms with Gasteiger partial charge in [-0.15, -0.1) is 0 Å². The van der Waals surface area contributed by atoms with Crippen LogP contribution in [0.25, 0.3) is 0 Å². The van der Waals surface area contributed by atoms with Crippen molar-refractivity contribution in [3.8, 4) is 0 Å². The second-order valence-electron chi connectivity index (χ2n) is 4.75. The lowest BCUT2D eigenvalue weighted by Gasteiger charge is -2.19. The number of ether oxygens (including phenoxy) is 1. The zero-order valence-corrected chi connectivity index (χ0v) is 10.2. The average molecular weight is 245 g/mol. The fourth-order valence-electron chi connectivity index (χ4n) is 2.82. The maximum Gasteiger partial charge on any atom is 0.310 e. The highest BCUT2D eigenvalue weighted by atomic mass is 16.5. The number of hydrogen-bond acceptors (Lipinski definition) is 3. The van der Waals surface area contributed by atoms with E-state index in [2.05, 4.69) is 0 Å². The van der Waals surface area contributed by atoms with E-state index in [1.165, 1.54) is 0 Å². The summed E-state index contributed by atoms with van der Waals surface area (Å²) in [6.07, 6.45) is 0. The van der Waals surface area contributed by atoms with E-state index in [-0.39, 0.29) is 29.6 Å². The van der Waals surface area contributed by atoms with Crippen molar-refractivity contribution in [3.63, 3.8) is 0 Å². The normalized spacial score (nSPS) is 29.1. The lowest BCUT2D eigenvalue weighted by Crippen LogP contribution is -2.31. The van der Waals surface area contributed by atoms with Gasteiger partial charge in [0.2, 0.25) is 5.91 Å². The van der Waals surface area contributed by atoms with Crippen LogP contribution in [-0.4, -0.2) is 25.0 Å². The molecule has 2 fully saturated rings. The zero-order chi connectivity index (χ0) is 12.7. The third-order valence-corrected chi connectivity index (χ3v) is 3.74. The van der Waals surface area contributed by atoms with Crippen LogP contribution in [0, 0.1) is 17.8 Å². The fourth-order valence-corrected chi connectivity index (χ4v) is 2.82. The molecule has 0 bridgehead atoms. The van der Waals surface area contributed by atoms with Crippen molar-refractivity contribution in [1.29, 1.82) is 0 Å². The lowest BCUT2D eigenvalue weighted by atomic mass is 10.2. The molecule has 0 aromatic heterocycles. The number of rotatable bonds is 3. The number of benzene rings is 1. The molecule has 1 aliphatic carbocycles. The Bertz CT molecular complexity index is 485. The molecule has 18 heavy (non-hydrogen) atoms. The first-order valence-corrected chi connectivity index (χ1v) is 6.27. The topological polar surface area (TPSA) is 46.6 Å². The Labute approximate surface area is 106 Å². The minimum Gasteiger partial charge on any atom is -0.466 e. The summed E-state index contributed by atoms with van der Waals surface area (Å²) in [4.78, 5) is 25.6. The lowest BCUT2D eigenvalue weighted by molar-refractivity contribution is -0.146. The minimum absolute atomic E-state index is 0.0595. The van der Waals surface area contributed by atoms with E-state index in [9.17, 15) is 9.59 Å². The summed E-state index contributed by atoms with van der Waals surface area (Å²) >= 11 is 0. The number of esters is 1. The number of carbonyl (C=O) groups is 2. The van der Waals surface area contributed by atoms with Gasteiger partial charge in [-0.3, -0.25) is 9.59 Å². The maximum atomic E-state index is 12.2. The van der Waals surface area contributed by atoms with Gasteiger partial charge in [0.25, 0.3) is 0 Å². The Morgan fingerprint density at radius 3 is 2.67 bits per heavy atom. The second kappa shape index (κ2) is 4.12. The van der Waals surface area contributed by atoms with Gasteiger partial charge < -0.3 is 9.64 Å². The monoisotopic (exact) mass is 245 g/mol. The van der Waals surface area contributed by atoms with Gasteiger partial charge >= 0.3 is 5.97 Å². The Balaban J connectivity index is 1.70. The molecule has 4 nitrogen and oxygen atoms in total. The van der Waals surface area contributed by atoms with Gasteiger partial charge in [0.15, 0.2) is 0 Å². The van der Waals surface area contributed by atoms with E-state index in [0.29, 0.717) is 13.2 Å². The fraction of sp³-hybridized carbons (Fsp3) is 0.429. The molecule has 1 aromatic rings. The smallest absolute Gasteiger partial charge is 0.310 e. The summed E-state index contributed by atoms with van der Waals surface area (Å²) in [5.41, 5.74) is 0.914. The van der Waals surface area contributed by atoms with Crippen LogP contribution in [0.4, 0.5) is 5.69 Å². The predicted molar refractivity (Wildman–Crippen MR) is 65.9 cm³/mol. The first-order valence-electron chi connectivity index (χ1n) is 6.27. The first kappa shape index (κ1) is 11.3. The van der Waals surface area contributed by atoms with Gasteiger partial charge in [-0.05, 0) is 19.1 Å². The van der Waals surface area contributed by atoms with Crippen molar-refractivity contribution >= 4 is 17.6 Å². The van der Waals surface area contributed by atoms with Gasteiger partial charge in [0.1, 0.15) is 0 Å². The van der Waals surface area contributed by atoms with Crippen LogP contribution in [-0.2, 0) is 14.3 Å². The van der Waals surface area contributed by atoms with E-state index in [1.807, 2.05) is 30.3 Å². The van der Waals surface area contributed by atoms with Crippen LogP contribution in [0.15, 0.2) is 30.3 Å². The standard InChI is InChI=1S/C14H15NO3/c1-2-18-14(17)12-10-8-15(13(16)11(10)12)9-6-4-3-5-7-9/h3-7,10-12H,2,8H2,1H3/t10-,11+,12+/m1/s1. The average Bonchev–Trinajstić information content (AvgIpc) is 3.01. The molecule has 1 heterocycles. The molecule has 94 valence electrons. The molecule has 4 heteroatoms. The quantitative estimate of drug-likeness (QED) is 0.757. The van der Waals surface area contributed by atoms with E-state index in [4.69, 9.17) is 4.74 Å². The molecular weight excluding hydrogens is 230 g/mol. The Morgan fingerprint density at radius 2 is 2.11 bits per heavy atom. The van der Waals surface area contributed by atoms with Gasteiger partial charge in [0.05, 0.1) is 18.4 Å². The van der Waals surface area contributed by atoms with Crippen molar-refractivity contribution in [1.82, 2.24) is 0 Å². The second-order valence-corrected chi connectivity index (χ2v) is 4.75. The van der Waals surface area contributed by atoms with Crippen molar-refractivity contribution < 1.29 is 14.3 Å². The van der Waals surface area contributed by atoms with Crippen molar-refractivity contribution in [2.24, 2.45) is 17.8 Å². The van der Waals surface area contributed by atoms with Crippen molar-refractivity contribution in [2.45, 2.75) is 6.92 Å². The number of anilines is 1. The van der Waals surface area contributed by atoms with E-state index >= 15 is 0 Å². The molecule has 1 aliphatic heterocycles. The molecule has 0 unspecified atom stereocenters. The summed E-state index contributed by atoms with van der Waals surface area (Å²) in [6, 6.07) is 9.58. The highest BCUT2D eigenvalue weighted by Crippen LogP contribution is 2.53. The number of hydrogen-bond donors (Lipinski definition) is 0. The number of fused-ring (bicyclic) bond motifs is 1. The summed E-state index contributed by atoms with van der Waals surface area (Å²) in [5.74, 6) is -0.351. The maximum absolute atomic E-state index is 12.2. The van der Waals surface area contributed by atoms with E-state index in [1.54, 1.807) is 11.8 Å². The largest absolute Gasteiger partial charge is 0.466 e. The van der Waals surface area contributed by atoms with Crippen LogP contribution in [0.1, 0.15) is 6.92 Å². The van der Waals surface area contributed by atoms with Crippen molar-refractivity contribution in [2.75, 3.05) is 18.1 Å². The highest BCUT2D eigenvalue weighted by molar-refractivity contribution is 6.04. The van der Waals surface area contributed by atoms with Gasteiger partial charge in [0, 0.05) is 18.2 Å². The summed E-state index contributed by atoms with van der Waals surface area (Å²) < 4.78 is 4.98. The Hall–Kier alpha value is -1.84. The van der Waals surface area contributed by atoms with Crippen LogP contribution >= 0.6 is 0 Å². The molecular formula is C14H15NO3. The number of para-hydroxylation sites is 1. The van der Waals surface area contributed by atoms with E-state index < -0.39 is 0 Å². The van der Waals surface area contributed by atoms with Crippen LogP contribution < -0.4 is 4.90 Å². The summed E-state index contributed by atoms with van der Waals surface area (Å²) in [6.45, 7) is 2.80. The number of amides is 1. The van der Waals surface area contributed by atoms with E-state index in [0.717, 1.165) is 5.69 Å². The van der Waals surface area contributed by atoms with Gasteiger partial charge in [-0.2, -0.15) is 0 Å².